The predicted octanol–water partition coefficient (Wildman–Crippen LogP) is 2.34. The fourth-order valence-electron chi connectivity index (χ4n) is 4.13. The lowest BCUT2D eigenvalue weighted by Gasteiger charge is -2.40. The number of rotatable bonds is 4. The molecule has 2 heterocycles. The molecule has 0 bridgehead atoms. The number of ether oxygens (including phenoxy) is 1. The van der Waals surface area contributed by atoms with E-state index in [4.69, 9.17) is 4.74 Å². The van der Waals surface area contributed by atoms with Crippen molar-refractivity contribution in [1.82, 2.24) is 14.7 Å². The Kier molecular flexibility index (Phi) is 5.62. The molecule has 1 aromatic carbocycles. The van der Waals surface area contributed by atoms with E-state index in [9.17, 15) is 9.59 Å². The maximum atomic E-state index is 12.8. The molecule has 3 fully saturated rings. The first kappa shape index (κ1) is 18.3. The van der Waals surface area contributed by atoms with Crippen LogP contribution < -0.4 is 0 Å². The van der Waals surface area contributed by atoms with Crippen molar-refractivity contribution in [2.75, 3.05) is 39.3 Å². The van der Waals surface area contributed by atoms with E-state index >= 15 is 0 Å². The average Bonchev–Trinajstić information content (AvgIpc) is 2.84. The van der Waals surface area contributed by atoms with E-state index in [0.717, 1.165) is 44.2 Å². The van der Waals surface area contributed by atoms with E-state index in [0.29, 0.717) is 13.1 Å². The van der Waals surface area contributed by atoms with Crippen LogP contribution in [-0.2, 0) is 16.1 Å². The Balaban J connectivity index is 1.19. The molecule has 2 saturated heterocycles. The monoisotopic (exact) mass is 371 g/mol. The summed E-state index contributed by atoms with van der Waals surface area (Å²) < 4.78 is 5.34. The van der Waals surface area contributed by atoms with Gasteiger partial charge < -0.3 is 14.5 Å². The van der Waals surface area contributed by atoms with Gasteiger partial charge in [0.1, 0.15) is 6.61 Å². The van der Waals surface area contributed by atoms with Crippen LogP contribution in [0.4, 0.5) is 4.79 Å². The number of likely N-dealkylation sites (tertiary alicyclic amines) is 1. The number of nitrogens with zero attached hydrogens (tertiary/aromatic N) is 3. The van der Waals surface area contributed by atoms with Gasteiger partial charge in [-0.05, 0) is 24.8 Å². The van der Waals surface area contributed by atoms with Crippen molar-refractivity contribution in [3.05, 3.63) is 35.9 Å². The van der Waals surface area contributed by atoms with Gasteiger partial charge in [-0.15, -0.1) is 0 Å². The largest absolute Gasteiger partial charge is 0.445 e. The highest BCUT2D eigenvalue weighted by atomic mass is 16.6. The Labute approximate surface area is 161 Å². The molecular weight excluding hydrogens is 342 g/mol. The minimum Gasteiger partial charge on any atom is -0.445 e. The van der Waals surface area contributed by atoms with E-state index in [1.807, 2.05) is 35.2 Å². The van der Waals surface area contributed by atoms with E-state index < -0.39 is 0 Å². The van der Waals surface area contributed by atoms with Crippen molar-refractivity contribution in [3.63, 3.8) is 0 Å². The molecule has 0 unspecified atom stereocenters. The van der Waals surface area contributed by atoms with E-state index in [2.05, 4.69) is 4.90 Å². The zero-order valence-corrected chi connectivity index (χ0v) is 15.9. The topological polar surface area (TPSA) is 53.1 Å². The van der Waals surface area contributed by atoms with E-state index in [1.165, 1.54) is 19.3 Å². The van der Waals surface area contributed by atoms with Gasteiger partial charge in [-0.3, -0.25) is 9.69 Å². The molecule has 6 heteroatoms. The van der Waals surface area contributed by atoms with Crippen LogP contribution in [0.15, 0.2) is 30.3 Å². The SMILES string of the molecule is O=C(OCc1ccccc1)N1CC(C(=O)N2CCCN(C3CCC3)CC2)C1. The third-order valence-electron chi connectivity index (χ3n) is 6.13. The number of amides is 2. The maximum absolute atomic E-state index is 12.8. The van der Waals surface area contributed by atoms with Gasteiger partial charge in [0.15, 0.2) is 0 Å². The van der Waals surface area contributed by atoms with Crippen LogP contribution in [0.25, 0.3) is 0 Å². The summed E-state index contributed by atoms with van der Waals surface area (Å²) in [5, 5.41) is 0. The Morgan fingerprint density at radius 2 is 1.70 bits per heavy atom. The van der Waals surface area contributed by atoms with Gasteiger partial charge in [-0.1, -0.05) is 36.8 Å². The fraction of sp³-hybridized carbons (Fsp3) is 0.619. The van der Waals surface area contributed by atoms with Crippen LogP contribution >= 0.6 is 0 Å². The molecule has 27 heavy (non-hydrogen) atoms. The Bertz CT molecular complexity index is 656. The molecule has 0 aromatic heterocycles. The van der Waals surface area contributed by atoms with E-state index in [1.54, 1.807) is 4.90 Å². The average molecular weight is 371 g/mol. The summed E-state index contributed by atoms with van der Waals surface area (Å²) in [5.74, 6) is 0.141. The first-order chi connectivity index (χ1) is 13.2. The molecule has 3 aliphatic rings. The summed E-state index contributed by atoms with van der Waals surface area (Å²) in [6, 6.07) is 10.4. The van der Waals surface area contributed by atoms with E-state index in [-0.39, 0.29) is 24.5 Å². The third kappa shape index (κ3) is 4.26. The van der Waals surface area contributed by atoms with Gasteiger partial charge in [0.25, 0.3) is 0 Å². The lowest BCUT2D eigenvalue weighted by molar-refractivity contribution is -0.140. The van der Waals surface area contributed by atoms with Crippen molar-refractivity contribution in [1.29, 1.82) is 0 Å². The second kappa shape index (κ2) is 8.30. The van der Waals surface area contributed by atoms with Crippen LogP contribution in [0, 0.1) is 5.92 Å². The molecule has 4 rings (SSSR count). The standard InChI is InChI=1S/C21H29N3O3/c25-20(23-11-5-10-22(12-13-23)19-8-4-9-19)18-14-24(15-18)21(26)27-16-17-6-2-1-3-7-17/h1-3,6-7,18-19H,4-5,8-16H2. The summed E-state index contributed by atoms with van der Waals surface area (Å²) >= 11 is 0. The van der Waals surface area contributed by atoms with Crippen LogP contribution in [-0.4, -0.2) is 72.0 Å². The van der Waals surface area contributed by atoms with Gasteiger partial charge in [-0.25, -0.2) is 4.79 Å². The highest BCUT2D eigenvalue weighted by molar-refractivity contribution is 5.82. The zero-order chi connectivity index (χ0) is 18.6. The first-order valence-corrected chi connectivity index (χ1v) is 10.2. The lowest BCUT2D eigenvalue weighted by Crippen LogP contribution is -2.57. The van der Waals surface area contributed by atoms with Gasteiger partial charge >= 0.3 is 6.09 Å². The number of carbonyl (C=O) groups excluding carboxylic acids is 2. The van der Waals surface area contributed by atoms with Gasteiger partial charge in [0.05, 0.1) is 5.92 Å². The first-order valence-electron chi connectivity index (χ1n) is 10.2. The molecular formula is C21H29N3O3. The molecule has 0 spiro atoms. The summed E-state index contributed by atoms with van der Waals surface area (Å²) in [6.45, 7) is 5.01. The number of hydrogen-bond donors (Lipinski definition) is 0. The van der Waals surface area contributed by atoms with Crippen LogP contribution in [0.2, 0.25) is 0 Å². The number of benzene rings is 1. The minimum absolute atomic E-state index is 0.0653. The van der Waals surface area contributed by atoms with Crippen LogP contribution in [0.3, 0.4) is 0 Å². The normalized spacial score (nSPS) is 21.9. The van der Waals surface area contributed by atoms with Crippen molar-refractivity contribution in [2.45, 2.75) is 38.3 Å². The smallest absolute Gasteiger partial charge is 0.410 e. The summed E-state index contributed by atoms with van der Waals surface area (Å²) in [4.78, 5) is 31.1. The van der Waals surface area contributed by atoms with Crippen molar-refractivity contribution in [3.8, 4) is 0 Å². The molecule has 1 aromatic rings. The summed E-state index contributed by atoms with van der Waals surface area (Å²) in [6.07, 6.45) is 4.71. The second-order valence-electron chi connectivity index (χ2n) is 7.94. The highest BCUT2D eigenvalue weighted by Gasteiger charge is 2.39. The third-order valence-corrected chi connectivity index (χ3v) is 6.13. The number of hydrogen-bond acceptors (Lipinski definition) is 4. The quantitative estimate of drug-likeness (QED) is 0.815. The molecule has 0 N–H and O–H groups in total. The summed E-state index contributed by atoms with van der Waals surface area (Å²) in [5.41, 5.74) is 0.972. The Hall–Kier alpha value is -2.08. The number of carbonyl (C=O) groups is 2. The molecule has 0 atom stereocenters. The highest BCUT2D eigenvalue weighted by Crippen LogP contribution is 2.26. The van der Waals surface area contributed by atoms with Gasteiger partial charge in [0.2, 0.25) is 5.91 Å². The van der Waals surface area contributed by atoms with Crippen LogP contribution in [0.1, 0.15) is 31.2 Å². The van der Waals surface area contributed by atoms with Gasteiger partial charge in [-0.2, -0.15) is 0 Å². The second-order valence-corrected chi connectivity index (χ2v) is 7.94. The predicted molar refractivity (Wildman–Crippen MR) is 102 cm³/mol. The lowest BCUT2D eigenvalue weighted by atomic mass is 9.91. The van der Waals surface area contributed by atoms with Crippen LogP contribution in [0.5, 0.6) is 0 Å². The Morgan fingerprint density at radius 1 is 0.926 bits per heavy atom. The molecule has 6 nitrogen and oxygen atoms in total. The molecule has 2 aliphatic heterocycles. The Morgan fingerprint density at radius 3 is 2.41 bits per heavy atom. The zero-order valence-electron chi connectivity index (χ0n) is 15.9. The van der Waals surface area contributed by atoms with Gasteiger partial charge in [0, 0.05) is 45.3 Å². The maximum Gasteiger partial charge on any atom is 0.410 e. The minimum atomic E-state index is -0.324. The molecule has 146 valence electrons. The molecule has 0 radical (unpaired) electrons. The molecule has 2 amide bonds. The van der Waals surface area contributed by atoms with Crippen molar-refractivity contribution in [2.24, 2.45) is 5.92 Å². The fourth-order valence-corrected chi connectivity index (χ4v) is 4.13. The molecule has 1 aliphatic carbocycles. The van der Waals surface area contributed by atoms with Crippen molar-refractivity contribution >= 4 is 12.0 Å². The van der Waals surface area contributed by atoms with Crippen molar-refractivity contribution < 1.29 is 14.3 Å². The molecule has 1 saturated carbocycles. The summed E-state index contributed by atoms with van der Waals surface area (Å²) in [7, 11) is 0.